The lowest BCUT2D eigenvalue weighted by molar-refractivity contribution is -0.129. The highest BCUT2D eigenvalue weighted by molar-refractivity contribution is 9.10. The van der Waals surface area contributed by atoms with E-state index in [9.17, 15) is 4.79 Å². The van der Waals surface area contributed by atoms with E-state index in [-0.39, 0.29) is 11.8 Å². The Kier molecular flexibility index (Phi) is 5.59. The molecule has 2 aromatic heterocycles. The number of anilines is 2. The Morgan fingerprint density at radius 2 is 2.18 bits per heavy atom. The minimum atomic E-state index is 0.0303. The molecule has 1 amide bonds. The van der Waals surface area contributed by atoms with Crippen LogP contribution in [0.1, 0.15) is 12.1 Å². The zero-order chi connectivity index (χ0) is 19.5. The van der Waals surface area contributed by atoms with Gasteiger partial charge in [-0.15, -0.1) is 11.3 Å². The van der Waals surface area contributed by atoms with Gasteiger partial charge in [0.15, 0.2) is 16.7 Å². The number of pyridine rings is 1. The van der Waals surface area contributed by atoms with E-state index in [1.165, 1.54) is 11.3 Å². The van der Waals surface area contributed by atoms with Crippen molar-refractivity contribution in [2.24, 2.45) is 5.92 Å². The zero-order valence-electron chi connectivity index (χ0n) is 15.3. The first-order valence-corrected chi connectivity index (χ1v) is 10.6. The van der Waals surface area contributed by atoms with Crippen molar-refractivity contribution in [1.82, 2.24) is 14.9 Å². The van der Waals surface area contributed by atoms with Crippen molar-refractivity contribution in [1.29, 1.82) is 0 Å². The molecule has 0 radical (unpaired) electrons. The Morgan fingerprint density at radius 1 is 1.36 bits per heavy atom. The fraction of sp³-hybridized carbons (Fsp3) is 0.250. The normalized spacial score (nSPS) is 16.4. The van der Waals surface area contributed by atoms with Crippen LogP contribution in [0.4, 0.5) is 10.9 Å². The number of benzene rings is 1. The highest BCUT2D eigenvalue weighted by Crippen LogP contribution is 2.33. The molecule has 3 aromatic rings. The third-order valence-electron chi connectivity index (χ3n) is 4.56. The summed E-state index contributed by atoms with van der Waals surface area (Å²) in [4.78, 5) is 23.0. The molecule has 1 fully saturated rings. The first-order chi connectivity index (χ1) is 13.6. The van der Waals surface area contributed by atoms with Crippen LogP contribution < -0.4 is 10.1 Å². The monoisotopic (exact) mass is 458 g/mol. The van der Waals surface area contributed by atoms with E-state index in [4.69, 9.17) is 4.74 Å². The van der Waals surface area contributed by atoms with E-state index < -0.39 is 0 Å². The Bertz CT molecular complexity index is 979. The van der Waals surface area contributed by atoms with Crippen LogP contribution in [-0.4, -0.2) is 34.4 Å². The number of ether oxygens (including phenoxy) is 1. The SMILES string of the molecule is CN1CCC(Cc2csc(Nc3ncc(Br)cc3Oc3ccccc3)n2)C1=O. The van der Waals surface area contributed by atoms with E-state index >= 15 is 0 Å². The number of thiazole rings is 1. The number of nitrogens with zero attached hydrogens (tertiary/aromatic N) is 3. The summed E-state index contributed by atoms with van der Waals surface area (Å²) in [5.74, 6) is 2.15. The molecule has 0 spiro atoms. The van der Waals surface area contributed by atoms with Crippen LogP contribution in [0, 0.1) is 5.92 Å². The molecule has 1 saturated heterocycles. The number of aromatic nitrogens is 2. The summed E-state index contributed by atoms with van der Waals surface area (Å²) >= 11 is 4.93. The van der Waals surface area contributed by atoms with Crippen LogP contribution in [0.5, 0.6) is 11.5 Å². The van der Waals surface area contributed by atoms with Gasteiger partial charge in [0.2, 0.25) is 5.91 Å². The van der Waals surface area contributed by atoms with E-state index in [0.29, 0.717) is 18.0 Å². The molecule has 3 heterocycles. The van der Waals surface area contributed by atoms with Gasteiger partial charge in [-0.3, -0.25) is 4.79 Å². The quantitative estimate of drug-likeness (QED) is 0.571. The largest absolute Gasteiger partial charge is 0.453 e. The summed E-state index contributed by atoms with van der Waals surface area (Å²) < 4.78 is 6.80. The Morgan fingerprint density at radius 3 is 2.93 bits per heavy atom. The van der Waals surface area contributed by atoms with Gasteiger partial charge in [-0.05, 0) is 34.5 Å². The summed E-state index contributed by atoms with van der Waals surface area (Å²) in [5.41, 5.74) is 0.920. The topological polar surface area (TPSA) is 67.3 Å². The van der Waals surface area contributed by atoms with Crippen molar-refractivity contribution < 1.29 is 9.53 Å². The van der Waals surface area contributed by atoms with Gasteiger partial charge < -0.3 is 15.0 Å². The van der Waals surface area contributed by atoms with Gasteiger partial charge in [-0.1, -0.05) is 18.2 Å². The lowest BCUT2D eigenvalue weighted by Gasteiger charge is -2.11. The van der Waals surface area contributed by atoms with Gasteiger partial charge in [0, 0.05) is 48.0 Å². The molecule has 1 unspecified atom stereocenters. The molecular formula is C20H19BrN4O2S. The predicted octanol–water partition coefficient (Wildman–Crippen LogP) is 4.86. The minimum Gasteiger partial charge on any atom is -0.453 e. The third-order valence-corrected chi connectivity index (χ3v) is 5.80. The fourth-order valence-electron chi connectivity index (χ4n) is 3.10. The Hall–Kier alpha value is -2.45. The minimum absolute atomic E-state index is 0.0303. The van der Waals surface area contributed by atoms with Crippen LogP contribution in [0.15, 0.2) is 52.4 Å². The standard InChI is InChI=1S/C20H19BrN4O2S/c1-25-8-7-13(19(25)26)9-15-12-28-20(23-15)24-18-17(10-14(21)11-22-18)27-16-5-3-2-4-6-16/h2-6,10-13H,7-9H2,1H3,(H,22,23,24). The third kappa shape index (κ3) is 4.34. The molecule has 144 valence electrons. The van der Waals surface area contributed by atoms with Crippen molar-refractivity contribution in [3.05, 3.63) is 58.1 Å². The van der Waals surface area contributed by atoms with Crippen LogP contribution in [-0.2, 0) is 11.2 Å². The number of hydrogen-bond donors (Lipinski definition) is 1. The number of nitrogens with one attached hydrogen (secondary N) is 1. The molecule has 1 atom stereocenters. The molecule has 28 heavy (non-hydrogen) atoms. The highest BCUT2D eigenvalue weighted by atomic mass is 79.9. The molecule has 0 aliphatic carbocycles. The average molecular weight is 459 g/mol. The van der Waals surface area contributed by atoms with Gasteiger partial charge in [0.1, 0.15) is 5.75 Å². The summed E-state index contributed by atoms with van der Waals surface area (Å²) in [6.07, 6.45) is 3.27. The molecule has 0 saturated carbocycles. The lowest BCUT2D eigenvalue weighted by Crippen LogP contribution is -2.23. The molecule has 8 heteroatoms. The number of carbonyl (C=O) groups excluding carboxylic acids is 1. The summed E-state index contributed by atoms with van der Waals surface area (Å²) in [6.45, 7) is 0.821. The predicted molar refractivity (Wildman–Crippen MR) is 113 cm³/mol. The summed E-state index contributed by atoms with van der Waals surface area (Å²) in [6, 6.07) is 11.4. The fourth-order valence-corrected chi connectivity index (χ4v) is 4.14. The van der Waals surface area contributed by atoms with Crippen LogP contribution >= 0.6 is 27.3 Å². The maximum absolute atomic E-state index is 12.1. The smallest absolute Gasteiger partial charge is 0.225 e. The zero-order valence-corrected chi connectivity index (χ0v) is 17.7. The van der Waals surface area contributed by atoms with Crippen LogP contribution in [0.2, 0.25) is 0 Å². The van der Waals surface area contributed by atoms with E-state index in [0.717, 1.165) is 34.0 Å². The van der Waals surface area contributed by atoms with Gasteiger partial charge in [-0.25, -0.2) is 9.97 Å². The van der Waals surface area contributed by atoms with E-state index in [2.05, 4.69) is 31.2 Å². The number of amides is 1. The van der Waals surface area contributed by atoms with Crippen molar-refractivity contribution in [3.63, 3.8) is 0 Å². The molecular weight excluding hydrogens is 440 g/mol. The van der Waals surface area contributed by atoms with Crippen molar-refractivity contribution >= 4 is 44.1 Å². The van der Waals surface area contributed by atoms with Gasteiger partial charge >= 0.3 is 0 Å². The van der Waals surface area contributed by atoms with Crippen molar-refractivity contribution in [2.45, 2.75) is 12.8 Å². The summed E-state index contributed by atoms with van der Waals surface area (Å²) in [7, 11) is 1.85. The van der Waals surface area contributed by atoms with Crippen LogP contribution in [0.3, 0.4) is 0 Å². The number of hydrogen-bond acceptors (Lipinski definition) is 6. The van der Waals surface area contributed by atoms with Gasteiger partial charge in [0.05, 0.1) is 5.69 Å². The Labute approximate surface area is 175 Å². The molecule has 1 aliphatic heterocycles. The molecule has 6 nitrogen and oxygen atoms in total. The van der Waals surface area contributed by atoms with Crippen molar-refractivity contribution in [3.8, 4) is 11.5 Å². The maximum atomic E-state index is 12.1. The van der Waals surface area contributed by atoms with E-state index in [1.807, 2.05) is 48.8 Å². The maximum Gasteiger partial charge on any atom is 0.225 e. The first kappa shape index (κ1) is 18.9. The Balaban J connectivity index is 1.49. The molecule has 1 N–H and O–H groups in total. The van der Waals surface area contributed by atoms with Gasteiger partial charge in [-0.2, -0.15) is 0 Å². The highest BCUT2D eigenvalue weighted by Gasteiger charge is 2.29. The molecule has 4 rings (SSSR count). The number of likely N-dealkylation sites (tertiary alicyclic amines) is 1. The van der Waals surface area contributed by atoms with Crippen LogP contribution in [0.25, 0.3) is 0 Å². The summed E-state index contributed by atoms with van der Waals surface area (Å²) in [5, 5.41) is 5.95. The molecule has 1 aliphatic rings. The van der Waals surface area contributed by atoms with Crippen molar-refractivity contribution in [2.75, 3.05) is 18.9 Å². The van der Waals surface area contributed by atoms with E-state index in [1.54, 1.807) is 11.1 Å². The number of halogens is 1. The number of rotatable bonds is 6. The second-order valence-electron chi connectivity index (χ2n) is 6.63. The first-order valence-electron chi connectivity index (χ1n) is 8.93. The second kappa shape index (κ2) is 8.28. The van der Waals surface area contributed by atoms with Gasteiger partial charge in [0.25, 0.3) is 0 Å². The lowest BCUT2D eigenvalue weighted by atomic mass is 10.0. The average Bonchev–Trinajstić information content (AvgIpc) is 3.26. The number of carbonyl (C=O) groups is 1. The molecule has 0 bridgehead atoms. The molecule has 1 aromatic carbocycles. The second-order valence-corrected chi connectivity index (χ2v) is 8.41. The number of para-hydroxylation sites is 1.